The number of aliphatic hydroxyl groups excluding tert-OH is 2. The standard InChI is InChI=1S/C7H11NO5/c8-4-2(7(12)13)1-3(9)5(10)6(4)11/h2-5,9-10H,1,8H2,(H,12,13). The zero-order valence-electron chi connectivity index (χ0n) is 6.75. The summed E-state index contributed by atoms with van der Waals surface area (Å²) < 4.78 is 0. The molecule has 0 aliphatic heterocycles. The first-order valence-corrected chi connectivity index (χ1v) is 3.83. The van der Waals surface area contributed by atoms with Crippen molar-refractivity contribution in [2.24, 2.45) is 11.7 Å². The molecule has 1 fully saturated rings. The number of hydrogen-bond acceptors (Lipinski definition) is 5. The SMILES string of the molecule is NC1C(=O)C(O)C(O)CC1C(=O)O. The third-order valence-electron chi connectivity index (χ3n) is 2.23. The largest absolute Gasteiger partial charge is 0.481 e. The lowest BCUT2D eigenvalue weighted by atomic mass is 9.81. The first kappa shape index (κ1) is 10.1. The van der Waals surface area contributed by atoms with Gasteiger partial charge in [-0.3, -0.25) is 9.59 Å². The van der Waals surface area contributed by atoms with E-state index in [1.165, 1.54) is 0 Å². The van der Waals surface area contributed by atoms with Crippen LogP contribution in [0.5, 0.6) is 0 Å². The van der Waals surface area contributed by atoms with Crippen LogP contribution in [0.4, 0.5) is 0 Å². The molecule has 5 N–H and O–H groups in total. The molecule has 1 saturated carbocycles. The van der Waals surface area contributed by atoms with E-state index in [9.17, 15) is 9.59 Å². The Labute approximate surface area is 74.0 Å². The van der Waals surface area contributed by atoms with Crippen molar-refractivity contribution in [1.29, 1.82) is 0 Å². The molecule has 0 radical (unpaired) electrons. The molecule has 6 nitrogen and oxygen atoms in total. The molecule has 0 saturated heterocycles. The molecule has 1 aliphatic rings. The van der Waals surface area contributed by atoms with Crippen molar-refractivity contribution in [1.82, 2.24) is 0 Å². The van der Waals surface area contributed by atoms with Crippen molar-refractivity contribution < 1.29 is 24.9 Å². The van der Waals surface area contributed by atoms with Gasteiger partial charge in [0.15, 0.2) is 5.78 Å². The zero-order valence-corrected chi connectivity index (χ0v) is 6.75. The number of aliphatic hydroxyl groups is 2. The summed E-state index contributed by atoms with van der Waals surface area (Å²) in [7, 11) is 0. The summed E-state index contributed by atoms with van der Waals surface area (Å²) in [6, 6.07) is -1.23. The van der Waals surface area contributed by atoms with E-state index in [0.29, 0.717) is 0 Å². The molecule has 1 rings (SSSR count). The molecule has 4 atom stereocenters. The van der Waals surface area contributed by atoms with Gasteiger partial charge in [-0.2, -0.15) is 0 Å². The molecule has 6 heteroatoms. The molecular formula is C7H11NO5. The first-order valence-electron chi connectivity index (χ1n) is 3.83. The second-order valence-electron chi connectivity index (χ2n) is 3.12. The van der Waals surface area contributed by atoms with Crippen molar-refractivity contribution >= 4 is 11.8 Å². The predicted octanol–water partition coefficient (Wildman–Crippen LogP) is -2.29. The minimum Gasteiger partial charge on any atom is -0.481 e. The van der Waals surface area contributed by atoms with Gasteiger partial charge < -0.3 is 21.1 Å². The monoisotopic (exact) mass is 189 g/mol. The van der Waals surface area contributed by atoms with E-state index in [1.807, 2.05) is 0 Å². The number of rotatable bonds is 1. The maximum atomic E-state index is 11.1. The lowest BCUT2D eigenvalue weighted by Crippen LogP contribution is -2.56. The van der Waals surface area contributed by atoms with Gasteiger partial charge in [0.1, 0.15) is 6.10 Å². The van der Waals surface area contributed by atoms with E-state index in [-0.39, 0.29) is 6.42 Å². The van der Waals surface area contributed by atoms with E-state index in [4.69, 9.17) is 21.1 Å². The Hall–Kier alpha value is -0.980. The highest BCUT2D eigenvalue weighted by atomic mass is 16.4. The van der Waals surface area contributed by atoms with Gasteiger partial charge >= 0.3 is 5.97 Å². The van der Waals surface area contributed by atoms with Crippen LogP contribution < -0.4 is 5.73 Å². The van der Waals surface area contributed by atoms with Crippen molar-refractivity contribution in [2.75, 3.05) is 0 Å². The van der Waals surface area contributed by atoms with Gasteiger partial charge in [0.05, 0.1) is 18.1 Å². The van der Waals surface area contributed by atoms with Crippen LogP contribution >= 0.6 is 0 Å². The number of Topliss-reactive ketones (excluding diaryl/α,β-unsaturated/α-hetero) is 1. The summed E-state index contributed by atoms with van der Waals surface area (Å²) in [5.74, 6) is -3.15. The van der Waals surface area contributed by atoms with Crippen molar-refractivity contribution in [3.05, 3.63) is 0 Å². The van der Waals surface area contributed by atoms with Crippen LogP contribution in [0.1, 0.15) is 6.42 Å². The summed E-state index contributed by atoms with van der Waals surface area (Å²) in [6.07, 6.45) is -3.07. The highest BCUT2D eigenvalue weighted by Gasteiger charge is 2.43. The van der Waals surface area contributed by atoms with Crippen LogP contribution in [0.3, 0.4) is 0 Å². The number of carboxylic acid groups (broad SMARTS) is 1. The Morgan fingerprint density at radius 1 is 1.46 bits per heavy atom. The van der Waals surface area contributed by atoms with E-state index >= 15 is 0 Å². The molecule has 4 unspecified atom stereocenters. The lowest BCUT2D eigenvalue weighted by molar-refractivity contribution is -0.155. The van der Waals surface area contributed by atoms with Crippen molar-refractivity contribution in [3.8, 4) is 0 Å². The molecule has 0 spiro atoms. The van der Waals surface area contributed by atoms with Crippen LogP contribution in [0.25, 0.3) is 0 Å². The molecule has 0 aromatic heterocycles. The third kappa shape index (κ3) is 1.69. The number of nitrogens with two attached hydrogens (primary N) is 1. The topological polar surface area (TPSA) is 121 Å². The van der Waals surface area contributed by atoms with Crippen LogP contribution in [-0.2, 0) is 9.59 Å². The Morgan fingerprint density at radius 3 is 2.46 bits per heavy atom. The Bertz CT molecular complexity index is 241. The second kappa shape index (κ2) is 3.41. The van der Waals surface area contributed by atoms with Crippen LogP contribution in [0.2, 0.25) is 0 Å². The van der Waals surface area contributed by atoms with Gasteiger partial charge in [-0.1, -0.05) is 0 Å². The fraction of sp³-hybridized carbons (Fsp3) is 0.714. The molecule has 0 aromatic carbocycles. The fourth-order valence-electron chi connectivity index (χ4n) is 1.38. The fourth-order valence-corrected chi connectivity index (χ4v) is 1.38. The normalized spacial score (nSPS) is 40.4. The van der Waals surface area contributed by atoms with Crippen LogP contribution in [0.15, 0.2) is 0 Å². The number of carboxylic acids is 1. The van der Waals surface area contributed by atoms with Crippen molar-refractivity contribution in [3.63, 3.8) is 0 Å². The number of aliphatic carboxylic acids is 1. The molecule has 0 bridgehead atoms. The molecule has 1 aliphatic carbocycles. The van der Waals surface area contributed by atoms with Gasteiger partial charge in [-0.25, -0.2) is 0 Å². The van der Waals surface area contributed by atoms with E-state index in [0.717, 1.165) is 0 Å². The Balaban J connectivity index is 2.82. The van der Waals surface area contributed by atoms with Gasteiger partial charge in [0.25, 0.3) is 0 Å². The van der Waals surface area contributed by atoms with E-state index in [2.05, 4.69) is 0 Å². The van der Waals surface area contributed by atoms with Gasteiger partial charge in [0.2, 0.25) is 0 Å². The Kier molecular flexibility index (Phi) is 2.65. The quantitative estimate of drug-likeness (QED) is 0.368. The minimum absolute atomic E-state index is 0.191. The summed E-state index contributed by atoms with van der Waals surface area (Å²) >= 11 is 0. The van der Waals surface area contributed by atoms with Gasteiger partial charge in [-0.15, -0.1) is 0 Å². The summed E-state index contributed by atoms with van der Waals surface area (Å²) in [6.45, 7) is 0. The van der Waals surface area contributed by atoms with Crippen LogP contribution in [0, 0.1) is 5.92 Å². The molecule has 13 heavy (non-hydrogen) atoms. The zero-order chi connectivity index (χ0) is 10.2. The lowest BCUT2D eigenvalue weighted by Gasteiger charge is -2.31. The maximum absolute atomic E-state index is 11.1. The smallest absolute Gasteiger partial charge is 0.308 e. The van der Waals surface area contributed by atoms with Gasteiger partial charge in [0, 0.05) is 0 Å². The minimum atomic E-state index is -1.55. The van der Waals surface area contributed by atoms with Crippen LogP contribution in [-0.4, -0.2) is 45.3 Å². The van der Waals surface area contributed by atoms with Crippen molar-refractivity contribution in [2.45, 2.75) is 24.7 Å². The average Bonchev–Trinajstić information content (AvgIpc) is 2.07. The Morgan fingerprint density at radius 2 is 2.00 bits per heavy atom. The average molecular weight is 189 g/mol. The first-order chi connectivity index (χ1) is 5.95. The summed E-state index contributed by atoms with van der Waals surface area (Å²) in [4.78, 5) is 21.6. The number of carbonyl (C=O) groups excluding carboxylic acids is 1. The highest BCUT2D eigenvalue weighted by Crippen LogP contribution is 2.21. The molecular weight excluding hydrogens is 178 g/mol. The van der Waals surface area contributed by atoms with E-state index < -0.39 is 35.9 Å². The number of ketones is 1. The number of carbonyl (C=O) groups is 2. The maximum Gasteiger partial charge on any atom is 0.308 e. The summed E-state index contributed by atoms with van der Waals surface area (Å²) in [5.41, 5.74) is 5.27. The molecule has 0 heterocycles. The predicted molar refractivity (Wildman–Crippen MR) is 40.7 cm³/mol. The van der Waals surface area contributed by atoms with E-state index in [1.54, 1.807) is 0 Å². The van der Waals surface area contributed by atoms with Gasteiger partial charge in [-0.05, 0) is 6.42 Å². The highest BCUT2D eigenvalue weighted by molar-refractivity contribution is 5.93. The second-order valence-corrected chi connectivity index (χ2v) is 3.12. The third-order valence-corrected chi connectivity index (χ3v) is 2.23. The number of hydrogen-bond donors (Lipinski definition) is 4. The molecule has 74 valence electrons. The summed E-state index contributed by atoms with van der Waals surface area (Å²) in [5, 5.41) is 26.7. The molecule has 0 aromatic rings. The molecule has 0 amide bonds.